The topological polar surface area (TPSA) is 66.1 Å². The van der Waals surface area contributed by atoms with Crippen molar-refractivity contribution in [2.75, 3.05) is 0 Å². The van der Waals surface area contributed by atoms with Crippen LogP contribution >= 0.6 is 0 Å². The van der Waals surface area contributed by atoms with E-state index in [2.05, 4.69) is 6.58 Å². The van der Waals surface area contributed by atoms with Gasteiger partial charge in [-0.2, -0.15) is 0 Å². The quantitative estimate of drug-likeness (QED) is 0.703. The first kappa shape index (κ1) is 9.86. The molecule has 0 bridgehead atoms. The van der Waals surface area contributed by atoms with Crippen LogP contribution in [0, 0.1) is 12.3 Å². The molecule has 0 saturated carbocycles. The molecule has 1 aliphatic rings. The van der Waals surface area contributed by atoms with E-state index in [1.165, 1.54) is 4.57 Å². The molecule has 2 rings (SSSR count). The number of aryl methyl sites for hydroxylation is 1. The minimum atomic E-state index is -0.259. The number of aliphatic hydroxyl groups excluding tert-OH is 1. The monoisotopic (exact) mass is 204 g/mol. The summed E-state index contributed by atoms with van der Waals surface area (Å²) in [6.45, 7) is 5.60. The Bertz CT molecular complexity index is 526. The third-order valence-corrected chi connectivity index (χ3v) is 2.74. The van der Waals surface area contributed by atoms with Crippen molar-refractivity contribution in [3.05, 3.63) is 45.4 Å². The summed E-state index contributed by atoms with van der Waals surface area (Å²) in [5.41, 5.74) is 2.48. The maximum atomic E-state index is 11.9. The molecule has 0 aliphatic carbocycles. The number of aromatic nitrogens is 1. The van der Waals surface area contributed by atoms with Gasteiger partial charge in [-0.25, -0.2) is 0 Å². The molecule has 2 N–H and O–H groups in total. The summed E-state index contributed by atoms with van der Waals surface area (Å²) < 4.78 is 1.49. The van der Waals surface area contributed by atoms with Gasteiger partial charge in [0.25, 0.3) is 5.56 Å². The molecule has 0 radical (unpaired) electrons. The van der Waals surface area contributed by atoms with Crippen molar-refractivity contribution in [1.82, 2.24) is 4.57 Å². The third-order valence-electron chi connectivity index (χ3n) is 2.74. The molecule has 4 heteroatoms. The Labute approximate surface area is 87.0 Å². The van der Waals surface area contributed by atoms with Crippen LogP contribution in [-0.4, -0.2) is 15.4 Å². The Morgan fingerprint density at radius 3 is 2.93 bits per heavy atom. The minimum Gasteiger partial charge on any atom is -0.391 e. The van der Waals surface area contributed by atoms with Gasteiger partial charge in [0.2, 0.25) is 0 Å². The second-order valence-corrected chi connectivity index (χ2v) is 3.72. The molecule has 4 nitrogen and oxygen atoms in total. The molecule has 0 atom stereocenters. The lowest BCUT2D eigenvalue weighted by Crippen LogP contribution is -2.24. The number of fused-ring (bicyclic) bond motifs is 1. The van der Waals surface area contributed by atoms with E-state index < -0.39 is 0 Å². The first-order valence-corrected chi connectivity index (χ1v) is 4.67. The van der Waals surface area contributed by atoms with Gasteiger partial charge in [-0.1, -0.05) is 6.58 Å². The maximum Gasteiger partial charge on any atom is 0.257 e. The summed E-state index contributed by atoms with van der Waals surface area (Å²) >= 11 is 0. The number of allylic oxidation sites excluding steroid dienone is 1. The van der Waals surface area contributed by atoms with Gasteiger partial charge in [0.1, 0.15) is 0 Å². The number of nitrogens with zero attached hydrogens (tertiary/aromatic N) is 1. The van der Waals surface area contributed by atoms with Gasteiger partial charge in [-0.05, 0) is 24.1 Å². The molecule has 1 aliphatic heterocycles. The van der Waals surface area contributed by atoms with E-state index in [0.717, 1.165) is 5.56 Å². The van der Waals surface area contributed by atoms with Crippen LogP contribution in [-0.2, 0) is 13.2 Å². The number of pyridine rings is 1. The normalized spacial score (nSPS) is 14.5. The summed E-state index contributed by atoms with van der Waals surface area (Å²) in [5, 5.41) is 16.8. The molecule has 0 fully saturated rings. The Morgan fingerprint density at radius 1 is 1.67 bits per heavy atom. The zero-order valence-electron chi connectivity index (χ0n) is 8.50. The molecule has 2 heterocycles. The Hall–Kier alpha value is -1.68. The van der Waals surface area contributed by atoms with Gasteiger partial charge in [0, 0.05) is 5.56 Å². The predicted octanol–water partition coefficient (Wildman–Crippen LogP) is 0.587. The Kier molecular flexibility index (Phi) is 2.08. The van der Waals surface area contributed by atoms with Crippen molar-refractivity contribution in [1.29, 1.82) is 5.41 Å². The molecule has 1 aromatic heterocycles. The molecule has 1 aromatic rings. The standard InChI is InChI=1S/C11H12N2O2/c1-6-3-9-10(12)7(2)4-13(9)11(15)8(6)5-14/h3,12,14H,2,4-5H2,1H3. The molecule has 0 aromatic carbocycles. The Balaban J connectivity index is 2.78. The third kappa shape index (κ3) is 1.26. The molecule has 0 saturated heterocycles. The SMILES string of the molecule is C=C1Cn2c(cc(C)c(CO)c2=O)C1=N. The highest BCUT2D eigenvalue weighted by Gasteiger charge is 2.23. The number of hydrogen-bond donors (Lipinski definition) is 2. The fraction of sp³-hybridized carbons (Fsp3) is 0.273. The van der Waals surface area contributed by atoms with E-state index in [1.54, 1.807) is 13.0 Å². The van der Waals surface area contributed by atoms with Crippen molar-refractivity contribution in [2.45, 2.75) is 20.1 Å². The zero-order chi connectivity index (χ0) is 11.2. The summed E-state index contributed by atoms with van der Waals surface area (Å²) in [6, 6.07) is 1.76. The van der Waals surface area contributed by atoms with E-state index in [0.29, 0.717) is 29.1 Å². The van der Waals surface area contributed by atoms with Crippen LogP contribution in [0.1, 0.15) is 16.8 Å². The van der Waals surface area contributed by atoms with E-state index in [9.17, 15) is 4.79 Å². The fourth-order valence-electron chi connectivity index (χ4n) is 1.82. The zero-order valence-corrected chi connectivity index (χ0v) is 8.50. The predicted molar refractivity (Wildman–Crippen MR) is 57.3 cm³/mol. The lowest BCUT2D eigenvalue weighted by molar-refractivity contribution is 0.278. The van der Waals surface area contributed by atoms with Gasteiger partial charge in [0.05, 0.1) is 24.6 Å². The molecule has 0 spiro atoms. The van der Waals surface area contributed by atoms with Gasteiger partial charge < -0.3 is 9.67 Å². The maximum absolute atomic E-state index is 11.9. The van der Waals surface area contributed by atoms with E-state index in [1.807, 2.05) is 0 Å². The highest BCUT2D eigenvalue weighted by atomic mass is 16.3. The number of rotatable bonds is 1. The first-order valence-electron chi connectivity index (χ1n) is 4.67. The number of aliphatic hydroxyl groups is 1. The molecule has 15 heavy (non-hydrogen) atoms. The lowest BCUT2D eigenvalue weighted by Gasteiger charge is -2.07. The van der Waals surface area contributed by atoms with Gasteiger partial charge >= 0.3 is 0 Å². The first-order chi connectivity index (χ1) is 7.06. The van der Waals surface area contributed by atoms with Gasteiger partial charge in [0.15, 0.2) is 0 Å². The van der Waals surface area contributed by atoms with Crippen LogP contribution in [0.25, 0.3) is 0 Å². The summed E-state index contributed by atoms with van der Waals surface area (Å²) in [6.07, 6.45) is 0. The van der Waals surface area contributed by atoms with Gasteiger partial charge in [-0.15, -0.1) is 0 Å². The average Bonchev–Trinajstić information content (AvgIpc) is 2.46. The highest BCUT2D eigenvalue weighted by molar-refractivity contribution is 6.11. The molecular weight excluding hydrogens is 192 g/mol. The fourth-order valence-corrected chi connectivity index (χ4v) is 1.82. The van der Waals surface area contributed by atoms with Crippen LogP contribution in [0.2, 0.25) is 0 Å². The van der Waals surface area contributed by atoms with Crippen LogP contribution in [0.5, 0.6) is 0 Å². The van der Waals surface area contributed by atoms with Crippen LogP contribution in [0.3, 0.4) is 0 Å². The van der Waals surface area contributed by atoms with Crippen molar-refractivity contribution < 1.29 is 5.11 Å². The largest absolute Gasteiger partial charge is 0.391 e. The van der Waals surface area contributed by atoms with Crippen LogP contribution in [0.15, 0.2) is 23.0 Å². The summed E-state index contributed by atoms with van der Waals surface area (Å²) in [4.78, 5) is 11.9. The van der Waals surface area contributed by atoms with Crippen LogP contribution < -0.4 is 5.56 Å². The number of hydrogen-bond acceptors (Lipinski definition) is 3. The second-order valence-electron chi connectivity index (χ2n) is 3.72. The minimum absolute atomic E-state index is 0.212. The second kappa shape index (κ2) is 3.17. The average molecular weight is 204 g/mol. The van der Waals surface area contributed by atoms with E-state index >= 15 is 0 Å². The highest BCUT2D eigenvalue weighted by Crippen LogP contribution is 2.18. The van der Waals surface area contributed by atoms with Crippen molar-refractivity contribution >= 4 is 5.71 Å². The smallest absolute Gasteiger partial charge is 0.257 e. The molecule has 78 valence electrons. The van der Waals surface area contributed by atoms with Crippen LogP contribution in [0.4, 0.5) is 0 Å². The summed E-state index contributed by atoms with van der Waals surface area (Å²) in [7, 11) is 0. The van der Waals surface area contributed by atoms with E-state index in [-0.39, 0.29) is 12.2 Å². The van der Waals surface area contributed by atoms with Crippen molar-refractivity contribution in [3.63, 3.8) is 0 Å². The molecule has 0 unspecified atom stereocenters. The van der Waals surface area contributed by atoms with E-state index in [4.69, 9.17) is 10.5 Å². The van der Waals surface area contributed by atoms with Gasteiger partial charge in [-0.3, -0.25) is 10.2 Å². The molecule has 0 amide bonds. The Morgan fingerprint density at radius 2 is 2.33 bits per heavy atom. The lowest BCUT2D eigenvalue weighted by atomic mass is 10.1. The van der Waals surface area contributed by atoms with Crippen molar-refractivity contribution in [3.8, 4) is 0 Å². The number of nitrogens with one attached hydrogen (secondary N) is 1. The molecular formula is C11H12N2O2. The van der Waals surface area contributed by atoms with Crippen molar-refractivity contribution in [2.24, 2.45) is 0 Å². The summed E-state index contributed by atoms with van der Waals surface area (Å²) in [5.74, 6) is 0.